The van der Waals surface area contributed by atoms with Crippen LogP contribution in [-0.2, 0) is 6.54 Å². The van der Waals surface area contributed by atoms with Gasteiger partial charge in [0.05, 0.1) is 18.0 Å². The fraction of sp³-hybridized carbons (Fsp3) is 0.318. The van der Waals surface area contributed by atoms with E-state index in [9.17, 15) is 14.8 Å². The number of hydrogen-bond donors (Lipinski definition) is 3. The Hall–Kier alpha value is -3.64. The minimum absolute atomic E-state index is 0.158. The molecule has 1 aliphatic rings. The van der Waals surface area contributed by atoms with Gasteiger partial charge in [0, 0.05) is 29.9 Å². The second kappa shape index (κ2) is 9.45. The van der Waals surface area contributed by atoms with E-state index >= 15 is 0 Å². The van der Waals surface area contributed by atoms with Crippen LogP contribution in [0, 0.1) is 17.1 Å². The van der Waals surface area contributed by atoms with Crippen molar-refractivity contribution in [2.24, 2.45) is 0 Å². The van der Waals surface area contributed by atoms with Gasteiger partial charge in [-0.1, -0.05) is 0 Å². The fourth-order valence-electron chi connectivity index (χ4n) is 3.60. The van der Waals surface area contributed by atoms with Crippen molar-refractivity contribution in [3.8, 4) is 17.3 Å². The number of aliphatic hydroxyl groups excluding tert-OH is 1. The first kappa shape index (κ1) is 20.6. The summed E-state index contributed by atoms with van der Waals surface area (Å²) in [5.41, 5.74) is 2.64. The molecule has 1 aromatic carbocycles. The number of nitrogens with zero attached hydrogens (tertiary/aromatic N) is 5. The van der Waals surface area contributed by atoms with Gasteiger partial charge in [-0.05, 0) is 49.9 Å². The van der Waals surface area contributed by atoms with Crippen molar-refractivity contribution < 1.29 is 9.50 Å². The van der Waals surface area contributed by atoms with Gasteiger partial charge in [-0.3, -0.25) is 0 Å². The summed E-state index contributed by atoms with van der Waals surface area (Å²) in [6.07, 6.45) is 7.48. The van der Waals surface area contributed by atoms with Crippen molar-refractivity contribution in [1.82, 2.24) is 19.9 Å². The number of halogens is 1. The molecule has 0 unspecified atom stereocenters. The predicted molar refractivity (Wildman–Crippen MR) is 113 cm³/mol. The summed E-state index contributed by atoms with van der Waals surface area (Å²) in [5.74, 6) is 0.534. The van der Waals surface area contributed by atoms with E-state index in [0.717, 1.165) is 36.8 Å². The normalized spacial score (nSPS) is 18.2. The van der Waals surface area contributed by atoms with Crippen molar-refractivity contribution in [1.29, 1.82) is 5.26 Å². The molecule has 0 spiro atoms. The molecular weight excluding hydrogens is 397 g/mol. The molecule has 0 saturated heterocycles. The van der Waals surface area contributed by atoms with E-state index in [1.807, 2.05) is 0 Å². The number of aliphatic hydroxyl groups is 1. The summed E-state index contributed by atoms with van der Waals surface area (Å²) >= 11 is 0. The quantitative estimate of drug-likeness (QED) is 0.557. The van der Waals surface area contributed by atoms with Crippen molar-refractivity contribution in [3.63, 3.8) is 0 Å². The summed E-state index contributed by atoms with van der Waals surface area (Å²) < 4.78 is 13.3. The van der Waals surface area contributed by atoms with Gasteiger partial charge in [0.25, 0.3) is 0 Å². The van der Waals surface area contributed by atoms with Crippen LogP contribution in [0.3, 0.4) is 0 Å². The molecule has 3 aromatic rings. The van der Waals surface area contributed by atoms with E-state index in [4.69, 9.17) is 0 Å². The monoisotopic (exact) mass is 419 g/mol. The molecule has 3 N–H and O–H groups in total. The third-order valence-electron chi connectivity index (χ3n) is 5.29. The Morgan fingerprint density at radius 1 is 1.10 bits per heavy atom. The zero-order chi connectivity index (χ0) is 21.6. The fourth-order valence-corrected chi connectivity index (χ4v) is 3.60. The van der Waals surface area contributed by atoms with Crippen molar-refractivity contribution in [2.75, 3.05) is 10.6 Å². The van der Waals surface area contributed by atoms with Gasteiger partial charge in [0.15, 0.2) is 0 Å². The molecule has 2 aromatic heterocycles. The molecule has 158 valence electrons. The van der Waals surface area contributed by atoms with E-state index in [2.05, 4.69) is 36.6 Å². The zero-order valence-electron chi connectivity index (χ0n) is 16.8. The third kappa shape index (κ3) is 5.10. The average Bonchev–Trinajstić information content (AvgIpc) is 2.80. The molecule has 0 aliphatic heterocycles. The van der Waals surface area contributed by atoms with E-state index in [1.54, 1.807) is 18.3 Å². The highest BCUT2D eigenvalue weighted by atomic mass is 19.1. The van der Waals surface area contributed by atoms with Crippen molar-refractivity contribution in [2.45, 2.75) is 44.4 Å². The molecular formula is C22H22FN7O. The summed E-state index contributed by atoms with van der Waals surface area (Å²) in [7, 11) is 0. The van der Waals surface area contributed by atoms with E-state index in [0.29, 0.717) is 29.6 Å². The molecule has 0 atom stereocenters. The highest BCUT2D eigenvalue weighted by molar-refractivity contribution is 5.63. The topological polar surface area (TPSA) is 120 Å². The lowest BCUT2D eigenvalue weighted by molar-refractivity contribution is 0.126. The SMILES string of the molecule is N#Cc1cnc(NCc2cncnc2-c2ccc(F)cc2)nc1N[C@H]1CC[C@H](O)CC1. The zero-order valence-corrected chi connectivity index (χ0v) is 16.8. The number of hydrogen-bond acceptors (Lipinski definition) is 8. The Kier molecular flexibility index (Phi) is 6.29. The van der Waals surface area contributed by atoms with Crippen LogP contribution in [0.4, 0.5) is 16.2 Å². The Bertz CT molecular complexity index is 1080. The Morgan fingerprint density at radius 3 is 2.61 bits per heavy atom. The first-order chi connectivity index (χ1) is 15.1. The Labute approximate surface area is 179 Å². The maximum atomic E-state index is 13.3. The van der Waals surface area contributed by atoms with Gasteiger partial charge in [-0.2, -0.15) is 10.2 Å². The van der Waals surface area contributed by atoms with Crippen LogP contribution in [0.25, 0.3) is 11.3 Å². The second-order valence-electron chi connectivity index (χ2n) is 7.47. The van der Waals surface area contributed by atoms with Gasteiger partial charge < -0.3 is 15.7 Å². The second-order valence-corrected chi connectivity index (χ2v) is 7.47. The van der Waals surface area contributed by atoms with Crippen LogP contribution in [0.5, 0.6) is 0 Å². The van der Waals surface area contributed by atoms with Crippen molar-refractivity contribution >= 4 is 11.8 Å². The standard InChI is InChI=1S/C22H22FN7O/c23-17-3-1-14(2-4-17)20-16(10-25-13-28-20)12-27-22-26-11-15(9-24)21(30-22)29-18-5-7-19(31)8-6-18/h1-4,10-11,13,18-19,31H,5-8,12H2,(H2,26,27,29,30)/t18-,19-. The smallest absolute Gasteiger partial charge is 0.224 e. The lowest BCUT2D eigenvalue weighted by Gasteiger charge is -2.26. The van der Waals surface area contributed by atoms with Gasteiger partial charge in [0.2, 0.25) is 5.95 Å². The summed E-state index contributed by atoms with van der Waals surface area (Å²) in [6.45, 7) is 0.356. The first-order valence-electron chi connectivity index (χ1n) is 10.1. The lowest BCUT2D eigenvalue weighted by atomic mass is 9.93. The molecule has 9 heteroatoms. The minimum atomic E-state index is -0.309. The number of rotatable bonds is 6. The van der Waals surface area contributed by atoms with Crippen molar-refractivity contribution in [3.05, 3.63) is 59.9 Å². The first-order valence-corrected chi connectivity index (χ1v) is 10.1. The number of aromatic nitrogens is 4. The average molecular weight is 419 g/mol. The maximum absolute atomic E-state index is 13.3. The van der Waals surface area contributed by atoms with Gasteiger partial charge in [-0.25, -0.2) is 19.3 Å². The summed E-state index contributed by atoms with van der Waals surface area (Å²) in [6, 6.07) is 8.39. The van der Waals surface area contributed by atoms with Gasteiger partial charge in [-0.15, -0.1) is 0 Å². The molecule has 0 amide bonds. The number of nitrogens with one attached hydrogen (secondary N) is 2. The van der Waals surface area contributed by atoms with Crippen LogP contribution in [-0.4, -0.2) is 37.2 Å². The van der Waals surface area contributed by atoms with Crippen LogP contribution < -0.4 is 10.6 Å². The highest BCUT2D eigenvalue weighted by Gasteiger charge is 2.21. The number of nitriles is 1. The molecule has 0 radical (unpaired) electrons. The lowest BCUT2D eigenvalue weighted by Crippen LogP contribution is -2.29. The predicted octanol–water partition coefficient (Wildman–Crippen LogP) is 3.27. The van der Waals surface area contributed by atoms with Gasteiger partial charge >= 0.3 is 0 Å². The van der Waals surface area contributed by atoms with E-state index in [1.165, 1.54) is 24.7 Å². The molecule has 1 aliphatic carbocycles. The molecule has 2 heterocycles. The Balaban J connectivity index is 1.49. The van der Waals surface area contributed by atoms with Crippen LogP contribution >= 0.6 is 0 Å². The van der Waals surface area contributed by atoms with Crippen LogP contribution in [0.1, 0.15) is 36.8 Å². The summed E-state index contributed by atoms with van der Waals surface area (Å²) in [4.78, 5) is 17.1. The summed E-state index contributed by atoms with van der Waals surface area (Å²) in [5, 5.41) is 25.6. The van der Waals surface area contributed by atoms with E-state index < -0.39 is 0 Å². The van der Waals surface area contributed by atoms with Gasteiger partial charge in [0.1, 0.15) is 29.6 Å². The molecule has 8 nitrogen and oxygen atoms in total. The van der Waals surface area contributed by atoms with Crippen LogP contribution in [0.2, 0.25) is 0 Å². The Morgan fingerprint density at radius 2 is 1.87 bits per heavy atom. The molecule has 31 heavy (non-hydrogen) atoms. The van der Waals surface area contributed by atoms with E-state index in [-0.39, 0.29) is 18.0 Å². The molecule has 4 rings (SSSR count). The largest absolute Gasteiger partial charge is 0.393 e. The molecule has 0 bridgehead atoms. The number of benzene rings is 1. The number of anilines is 2. The third-order valence-corrected chi connectivity index (χ3v) is 5.29. The minimum Gasteiger partial charge on any atom is -0.393 e. The highest BCUT2D eigenvalue weighted by Crippen LogP contribution is 2.24. The maximum Gasteiger partial charge on any atom is 0.224 e. The molecule has 1 saturated carbocycles. The molecule has 1 fully saturated rings. The van der Waals surface area contributed by atoms with Crippen LogP contribution in [0.15, 0.2) is 43.0 Å².